The standard InChI is InChI=1S/C14H12BrN5O2S/c1-10-6-12(3-4-13(10)15)23(21,22)19-11-2-5-14(17-7-11)20-9-16-8-18-20/h2-9,19H,1H3. The van der Waals surface area contributed by atoms with E-state index in [2.05, 4.69) is 35.7 Å². The fraction of sp³-hybridized carbons (Fsp3) is 0.0714. The molecule has 23 heavy (non-hydrogen) atoms. The van der Waals surface area contributed by atoms with Gasteiger partial charge in [0.1, 0.15) is 12.7 Å². The second-order valence-electron chi connectivity index (χ2n) is 4.76. The number of benzene rings is 1. The van der Waals surface area contributed by atoms with Gasteiger partial charge < -0.3 is 0 Å². The molecule has 7 nitrogen and oxygen atoms in total. The highest BCUT2D eigenvalue weighted by Gasteiger charge is 2.15. The molecule has 0 fully saturated rings. The van der Waals surface area contributed by atoms with E-state index in [0.717, 1.165) is 10.0 Å². The molecule has 0 aliphatic rings. The molecule has 0 radical (unpaired) electrons. The molecule has 118 valence electrons. The maximum atomic E-state index is 12.4. The summed E-state index contributed by atoms with van der Waals surface area (Å²) in [5.74, 6) is 0.546. The molecule has 1 aromatic carbocycles. The molecular weight excluding hydrogens is 382 g/mol. The van der Waals surface area contributed by atoms with Crippen LogP contribution in [0.25, 0.3) is 5.82 Å². The smallest absolute Gasteiger partial charge is 0.261 e. The van der Waals surface area contributed by atoms with E-state index in [1.165, 1.54) is 29.6 Å². The van der Waals surface area contributed by atoms with Gasteiger partial charge in [0, 0.05) is 4.47 Å². The molecular formula is C14H12BrN5O2S. The van der Waals surface area contributed by atoms with E-state index >= 15 is 0 Å². The first-order valence-electron chi connectivity index (χ1n) is 6.56. The zero-order chi connectivity index (χ0) is 16.4. The highest BCUT2D eigenvalue weighted by Crippen LogP contribution is 2.22. The van der Waals surface area contributed by atoms with E-state index in [0.29, 0.717) is 11.5 Å². The van der Waals surface area contributed by atoms with Crippen LogP contribution in [-0.4, -0.2) is 28.2 Å². The summed E-state index contributed by atoms with van der Waals surface area (Å²) in [5, 5.41) is 3.96. The van der Waals surface area contributed by atoms with Crippen LogP contribution < -0.4 is 4.72 Å². The van der Waals surface area contributed by atoms with Crippen LogP contribution in [-0.2, 0) is 10.0 Å². The quantitative estimate of drug-likeness (QED) is 0.735. The molecule has 0 saturated carbocycles. The Bertz CT molecular complexity index is 924. The average molecular weight is 394 g/mol. The molecule has 0 spiro atoms. The van der Waals surface area contributed by atoms with Crippen LogP contribution in [0.15, 0.2) is 58.6 Å². The van der Waals surface area contributed by atoms with Crippen molar-refractivity contribution in [3.63, 3.8) is 0 Å². The molecule has 0 aliphatic carbocycles. The molecule has 2 aromatic heterocycles. The minimum absolute atomic E-state index is 0.193. The van der Waals surface area contributed by atoms with Gasteiger partial charge in [0.2, 0.25) is 0 Å². The molecule has 0 atom stereocenters. The summed E-state index contributed by atoms with van der Waals surface area (Å²) < 4.78 is 29.6. The zero-order valence-electron chi connectivity index (χ0n) is 12.0. The summed E-state index contributed by atoms with van der Waals surface area (Å²) in [5.41, 5.74) is 1.21. The number of halogens is 1. The largest absolute Gasteiger partial charge is 0.278 e. The predicted molar refractivity (Wildman–Crippen MR) is 88.8 cm³/mol. The lowest BCUT2D eigenvalue weighted by Crippen LogP contribution is -2.13. The number of nitrogens with one attached hydrogen (secondary N) is 1. The Balaban J connectivity index is 1.84. The van der Waals surface area contributed by atoms with Gasteiger partial charge in [0.05, 0.1) is 16.8 Å². The summed E-state index contributed by atoms with van der Waals surface area (Å²) in [4.78, 5) is 8.18. The van der Waals surface area contributed by atoms with Gasteiger partial charge in [-0.25, -0.2) is 23.1 Å². The van der Waals surface area contributed by atoms with Crippen molar-refractivity contribution in [3.8, 4) is 5.82 Å². The minimum Gasteiger partial charge on any atom is -0.278 e. The van der Waals surface area contributed by atoms with E-state index in [9.17, 15) is 8.42 Å². The number of hydrogen-bond donors (Lipinski definition) is 1. The van der Waals surface area contributed by atoms with Gasteiger partial charge in [0.25, 0.3) is 10.0 Å². The maximum absolute atomic E-state index is 12.4. The van der Waals surface area contributed by atoms with E-state index in [4.69, 9.17) is 0 Å². The molecule has 0 saturated heterocycles. The van der Waals surface area contributed by atoms with E-state index in [1.807, 2.05) is 6.92 Å². The number of aromatic nitrogens is 4. The lowest BCUT2D eigenvalue weighted by atomic mass is 10.2. The van der Waals surface area contributed by atoms with Gasteiger partial charge in [-0.05, 0) is 42.8 Å². The lowest BCUT2D eigenvalue weighted by molar-refractivity contribution is 0.601. The van der Waals surface area contributed by atoms with Gasteiger partial charge >= 0.3 is 0 Å². The Morgan fingerprint density at radius 2 is 2.04 bits per heavy atom. The topological polar surface area (TPSA) is 89.8 Å². The van der Waals surface area contributed by atoms with Crippen molar-refractivity contribution >= 4 is 31.6 Å². The highest BCUT2D eigenvalue weighted by atomic mass is 79.9. The molecule has 1 N–H and O–H groups in total. The van der Waals surface area contributed by atoms with Crippen LogP contribution >= 0.6 is 15.9 Å². The summed E-state index contributed by atoms with van der Waals surface area (Å²) in [6.07, 6.45) is 4.34. The Morgan fingerprint density at radius 3 is 2.65 bits per heavy atom. The molecule has 9 heteroatoms. The van der Waals surface area contributed by atoms with Crippen molar-refractivity contribution in [2.24, 2.45) is 0 Å². The fourth-order valence-electron chi connectivity index (χ4n) is 1.91. The number of rotatable bonds is 4. The van der Waals surface area contributed by atoms with Gasteiger partial charge in [-0.2, -0.15) is 5.10 Å². The molecule has 2 heterocycles. The Morgan fingerprint density at radius 1 is 1.22 bits per heavy atom. The molecule has 0 aliphatic heterocycles. The Hall–Kier alpha value is -2.26. The number of nitrogens with zero attached hydrogens (tertiary/aromatic N) is 4. The average Bonchev–Trinajstić information content (AvgIpc) is 3.04. The first-order chi connectivity index (χ1) is 11.0. The normalized spacial score (nSPS) is 11.4. The lowest BCUT2D eigenvalue weighted by Gasteiger charge is -2.09. The first-order valence-corrected chi connectivity index (χ1v) is 8.83. The van der Waals surface area contributed by atoms with Gasteiger partial charge in [-0.15, -0.1) is 0 Å². The molecule has 3 aromatic rings. The van der Waals surface area contributed by atoms with Crippen molar-refractivity contribution in [1.29, 1.82) is 0 Å². The molecule has 3 rings (SSSR count). The first kappa shape index (κ1) is 15.6. The minimum atomic E-state index is -3.66. The predicted octanol–water partition coefficient (Wildman–Crippen LogP) is 2.53. The SMILES string of the molecule is Cc1cc(S(=O)(=O)Nc2ccc(-n3cncn3)nc2)ccc1Br. The van der Waals surface area contributed by atoms with Crippen LogP contribution in [0.2, 0.25) is 0 Å². The van der Waals surface area contributed by atoms with E-state index in [1.54, 1.807) is 24.3 Å². The zero-order valence-corrected chi connectivity index (χ0v) is 14.4. The molecule has 0 amide bonds. The Labute approximate surface area is 141 Å². The fourth-order valence-corrected chi connectivity index (χ4v) is 3.28. The van der Waals surface area contributed by atoms with E-state index < -0.39 is 10.0 Å². The number of pyridine rings is 1. The van der Waals surface area contributed by atoms with Crippen molar-refractivity contribution < 1.29 is 8.42 Å². The Kier molecular flexibility index (Phi) is 4.14. The summed E-state index contributed by atoms with van der Waals surface area (Å²) in [7, 11) is -3.66. The van der Waals surface area contributed by atoms with Gasteiger partial charge in [0.15, 0.2) is 5.82 Å². The third-order valence-electron chi connectivity index (χ3n) is 3.09. The highest BCUT2D eigenvalue weighted by molar-refractivity contribution is 9.10. The van der Waals surface area contributed by atoms with Gasteiger partial charge in [-0.1, -0.05) is 15.9 Å². The van der Waals surface area contributed by atoms with Crippen LogP contribution in [0.5, 0.6) is 0 Å². The third kappa shape index (κ3) is 3.40. The van der Waals surface area contributed by atoms with Crippen LogP contribution in [0.1, 0.15) is 5.56 Å². The maximum Gasteiger partial charge on any atom is 0.261 e. The second kappa shape index (κ2) is 6.09. The summed E-state index contributed by atoms with van der Waals surface area (Å²) >= 11 is 3.35. The van der Waals surface area contributed by atoms with E-state index in [-0.39, 0.29) is 4.90 Å². The summed E-state index contributed by atoms with van der Waals surface area (Å²) in [6, 6.07) is 8.11. The molecule has 0 bridgehead atoms. The van der Waals surface area contributed by atoms with Gasteiger partial charge in [-0.3, -0.25) is 4.72 Å². The second-order valence-corrected chi connectivity index (χ2v) is 7.30. The monoisotopic (exact) mass is 393 g/mol. The third-order valence-corrected chi connectivity index (χ3v) is 5.36. The van der Waals surface area contributed by atoms with Crippen molar-refractivity contribution in [2.45, 2.75) is 11.8 Å². The van der Waals surface area contributed by atoms with Crippen molar-refractivity contribution in [3.05, 3.63) is 59.2 Å². The molecule has 0 unspecified atom stereocenters. The summed E-state index contributed by atoms with van der Waals surface area (Å²) in [6.45, 7) is 1.83. The van der Waals surface area contributed by atoms with Crippen molar-refractivity contribution in [1.82, 2.24) is 19.7 Å². The van der Waals surface area contributed by atoms with Crippen LogP contribution in [0, 0.1) is 6.92 Å². The van der Waals surface area contributed by atoms with Crippen LogP contribution in [0.4, 0.5) is 5.69 Å². The van der Waals surface area contributed by atoms with Crippen molar-refractivity contribution in [2.75, 3.05) is 4.72 Å². The number of anilines is 1. The number of hydrogen-bond acceptors (Lipinski definition) is 5. The van der Waals surface area contributed by atoms with Crippen LogP contribution in [0.3, 0.4) is 0 Å². The number of sulfonamides is 1. The number of aryl methyl sites for hydroxylation is 1.